The largest absolute Gasteiger partial charge is 0.305 e. The monoisotopic (exact) mass is 297 g/mol. The van der Waals surface area contributed by atoms with Crippen LogP contribution in [0.2, 0.25) is 0 Å². The first kappa shape index (κ1) is 15.6. The quantitative estimate of drug-likeness (QED) is 0.828. The van der Waals surface area contributed by atoms with E-state index in [1.165, 1.54) is 0 Å². The normalized spacial score (nSPS) is 12.6. The van der Waals surface area contributed by atoms with E-state index >= 15 is 0 Å². The average molecular weight is 297 g/mol. The van der Waals surface area contributed by atoms with Crippen molar-refractivity contribution in [3.8, 4) is 0 Å². The molecule has 2 rings (SSSR count). The molecule has 0 aliphatic heterocycles. The molecule has 0 aliphatic carbocycles. The van der Waals surface area contributed by atoms with Crippen molar-refractivity contribution in [2.75, 3.05) is 6.54 Å². The first-order valence-corrected chi connectivity index (χ1v) is 6.98. The summed E-state index contributed by atoms with van der Waals surface area (Å²) in [4.78, 5) is 0. The summed E-state index contributed by atoms with van der Waals surface area (Å²) in [6.07, 6.45) is 2.50. The van der Waals surface area contributed by atoms with Crippen LogP contribution in [-0.2, 0) is 6.54 Å². The third-order valence-electron chi connectivity index (χ3n) is 3.28. The summed E-state index contributed by atoms with van der Waals surface area (Å²) in [6, 6.07) is 3.41. The number of hydrogen-bond acceptors (Lipinski definition) is 2. The van der Waals surface area contributed by atoms with E-state index in [-0.39, 0.29) is 0 Å². The molecule has 1 aromatic heterocycles. The summed E-state index contributed by atoms with van der Waals surface area (Å²) in [6.45, 7) is 5.23. The number of hydrogen-bond donors (Lipinski definition) is 1. The zero-order valence-electron chi connectivity index (χ0n) is 12.0. The molecule has 1 unspecified atom stereocenters. The van der Waals surface area contributed by atoms with Crippen molar-refractivity contribution in [3.05, 3.63) is 53.1 Å². The van der Waals surface area contributed by atoms with E-state index in [0.29, 0.717) is 18.7 Å². The SMILES string of the molecule is CCCNC(c1cc(F)c(F)c(F)c1)c1ccnn1CC. The highest BCUT2D eigenvalue weighted by Gasteiger charge is 2.21. The number of nitrogens with one attached hydrogen (secondary N) is 1. The fraction of sp³-hybridized carbons (Fsp3) is 0.400. The standard InChI is InChI=1S/C15H18F3N3/c1-3-6-19-15(13-5-7-20-21(13)4-2)10-8-11(16)14(18)12(17)9-10/h5,7-9,15,19H,3-4,6H2,1-2H3. The number of rotatable bonds is 6. The van der Waals surface area contributed by atoms with Crippen molar-refractivity contribution in [3.63, 3.8) is 0 Å². The van der Waals surface area contributed by atoms with Crippen LogP contribution in [0.4, 0.5) is 13.2 Å². The minimum atomic E-state index is -1.45. The molecule has 3 nitrogen and oxygen atoms in total. The molecule has 1 aromatic carbocycles. The van der Waals surface area contributed by atoms with Crippen molar-refractivity contribution in [2.24, 2.45) is 0 Å². The maximum atomic E-state index is 13.5. The van der Waals surface area contributed by atoms with Gasteiger partial charge in [0.1, 0.15) is 0 Å². The molecule has 0 spiro atoms. The topological polar surface area (TPSA) is 29.9 Å². The molecule has 1 N–H and O–H groups in total. The predicted molar refractivity (Wildman–Crippen MR) is 74.4 cm³/mol. The van der Waals surface area contributed by atoms with Gasteiger partial charge in [-0.1, -0.05) is 6.92 Å². The fourth-order valence-electron chi connectivity index (χ4n) is 2.28. The van der Waals surface area contributed by atoms with Crippen LogP contribution in [0.3, 0.4) is 0 Å². The highest BCUT2D eigenvalue weighted by atomic mass is 19.2. The predicted octanol–water partition coefficient (Wildman–Crippen LogP) is 3.41. The van der Waals surface area contributed by atoms with Crippen LogP contribution in [0.5, 0.6) is 0 Å². The van der Waals surface area contributed by atoms with Crippen molar-refractivity contribution >= 4 is 0 Å². The molecular weight excluding hydrogens is 279 g/mol. The minimum absolute atomic E-state index is 0.343. The lowest BCUT2D eigenvalue weighted by Gasteiger charge is -2.20. The molecule has 2 aromatic rings. The third-order valence-corrected chi connectivity index (χ3v) is 3.28. The van der Waals surface area contributed by atoms with Gasteiger partial charge in [-0.3, -0.25) is 4.68 Å². The van der Waals surface area contributed by atoms with Crippen LogP contribution in [0, 0.1) is 17.5 Å². The Kier molecular flexibility index (Phi) is 5.01. The maximum Gasteiger partial charge on any atom is 0.194 e. The van der Waals surface area contributed by atoms with E-state index < -0.39 is 23.5 Å². The van der Waals surface area contributed by atoms with Gasteiger partial charge in [-0.25, -0.2) is 13.2 Å². The van der Waals surface area contributed by atoms with Gasteiger partial charge in [0.25, 0.3) is 0 Å². The molecule has 0 saturated heterocycles. The number of halogens is 3. The molecule has 0 bridgehead atoms. The van der Waals surface area contributed by atoms with Crippen molar-refractivity contribution in [2.45, 2.75) is 32.9 Å². The molecule has 21 heavy (non-hydrogen) atoms. The Hall–Kier alpha value is -1.82. The smallest absolute Gasteiger partial charge is 0.194 e. The second kappa shape index (κ2) is 6.76. The Balaban J connectivity index is 2.45. The molecule has 0 aliphatic rings. The van der Waals surface area contributed by atoms with E-state index in [0.717, 1.165) is 24.2 Å². The van der Waals surface area contributed by atoms with Crippen molar-refractivity contribution in [1.29, 1.82) is 0 Å². The summed E-state index contributed by atoms with van der Waals surface area (Å²) >= 11 is 0. The number of nitrogens with zero attached hydrogens (tertiary/aromatic N) is 2. The van der Waals surface area contributed by atoms with E-state index in [4.69, 9.17) is 0 Å². The highest BCUT2D eigenvalue weighted by Crippen LogP contribution is 2.25. The molecule has 1 heterocycles. The molecule has 0 radical (unpaired) electrons. The van der Waals surface area contributed by atoms with E-state index in [1.54, 1.807) is 16.9 Å². The van der Waals surface area contributed by atoms with Crippen molar-refractivity contribution < 1.29 is 13.2 Å². The molecule has 0 amide bonds. The zero-order valence-corrected chi connectivity index (χ0v) is 12.0. The van der Waals surface area contributed by atoms with Crippen molar-refractivity contribution in [1.82, 2.24) is 15.1 Å². The molecule has 6 heteroatoms. The van der Waals surface area contributed by atoms with Gasteiger partial charge in [0.05, 0.1) is 11.7 Å². The van der Waals surface area contributed by atoms with Crippen LogP contribution in [0.25, 0.3) is 0 Å². The molecule has 0 saturated carbocycles. The molecule has 0 fully saturated rings. The third kappa shape index (κ3) is 3.26. The van der Waals surface area contributed by atoms with Crippen LogP contribution in [0.15, 0.2) is 24.4 Å². The first-order valence-electron chi connectivity index (χ1n) is 6.98. The Morgan fingerprint density at radius 1 is 1.19 bits per heavy atom. The molecular formula is C15H18F3N3. The first-order chi connectivity index (χ1) is 10.1. The van der Waals surface area contributed by atoms with Gasteiger partial charge < -0.3 is 5.32 Å². The van der Waals surface area contributed by atoms with E-state index in [9.17, 15) is 13.2 Å². The Bertz CT molecular complexity index is 587. The van der Waals surface area contributed by atoms with Gasteiger partial charge in [-0.05, 0) is 43.7 Å². The average Bonchev–Trinajstić information content (AvgIpc) is 2.93. The Morgan fingerprint density at radius 3 is 2.43 bits per heavy atom. The summed E-state index contributed by atoms with van der Waals surface area (Å²) in [5.41, 5.74) is 1.13. The minimum Gasteiger partial charge on any atom is -0.305 e. The van der Waals surface area contributed by atoms with Crippen LogP contribution in [-0.4, -0.2) is 16.3 Å². The summed E-state index contributed by atoms with van der Waals surface area (Å²) in [5, 5.41) is 7.39. The number of benzene rings is 1. The summed E-state index contributed by atoms with van der Waals surface area (Å²) in [7, 11) is 0. The highest BCUT2D eigenvalue weighted by molar-refractivity contribution is 5.29. The van der Waals surface area contributed by atoms with E-state index in [1.807, 2.05) is 13.8 Å². The zero-order chi connectivity index (χ0) is 15.4. The van der Waals surface area contributed by atoms with Gasteiger partial charge in [0.15, 0.2) is 17.5 Å². The number of aromatic nitrogens is 2. The van der Waals surface area contributed by atoms with Gasteiger partial charge in [-0.15, -0.1) is 0 Å². The Labute approximate surface area is 121 Å². The maximum absolute atomic E-state index is 13.5. The lowest BCUT2D eigenvalue weighted by Crippen LogP contribution is -2.26. The van der Waals surface area contributed by atoms with Crippen LogP contribution >= 0.6 is 0 Å². The molecule has 114 valence electrons. The van der Waals surface area contributed by atoms with Gasteiger partial charge in [0, 0.05) is 12.7 Å². The van der Waals surface area contributed by atoms with E-state index in [2.05, 4.69) is 10.4 Å². The fourth-order valence-corrected chi connectivity index (χ4v) is 2.28. The van der Waals surface area contributed by atoms with Crippen LogP contribution < -0.4 is 5.32 Å². The van der Waals surface area contributed by atoms with Gasteiger partial charge >= 0.3 is 0 Å². The Morgan fingerprint density at radius 2 is 1.86 bits per heavy atom. The lowest BCUT2D eigenvalue weighted by atomic mass is 10.0. The molecule has 1 atom stereocenters. The lowest BCUT2D eigenvalue weighted by molar-refractivity contribution is 0.440. The van der Waals surface area contributed by atoms with Gasteiger partial charge in [0.2, 0.25) is 0 Å². The van der Waals surface area contributed by atoms with Crippen LogP contribution in [0.1, 0.15) is 37.6 Å². The summed E-state index contributed by atoms with van der Waals surface area (Å²) < 4.78 is 41.8. The second-order valence-corrected chi connectivity index (χ2v) is 4.76. The van der Waals surface area contributed by atoms with Gasteiger partial charge in [-0.2, -0.15) is 5.10 Å². The summed E-state index contributed by atoms with van der Waals surface area (Å²) in [5.74, 6) is -3.82. The number of aryl methyl sites for hydroxylation is 1. The second-order valence-electron chi connectivity index (χ2n) is 4.76.